The molecule has 1 aromatic rings. The third-order valence-corrected chi connectivity index (χ3v) is 3.21. The lowest BCUT2D eigenvalue weighted by atomic mass is 10.2. The van der Waals surface area contributed by atoms with Crippen molar-refractivity contribution in [1.29, 1.82) is 0 Å². The predicted octanol–water partition coefficient (Wildman–Crippen LogP) is 2.45. The lowest BCUT2D eigenvalue weighted by Gasteiger charge is -2.15. The summed E-state index contributed by atoms with van der Waals surface area (Å²) in [5, 5.41) is 3.50. The average Bonchev–Trinajstić information content (AvgIpc) is 3.19. The molecule has 0 aromatic carbocycles. The van der Waals surface area contributed by atoms with Crippen LogP contribution >= 0.6 is 0 Å². The number of nitrogens with one attached hydrogen (secondary N) is 1. The van der Waals surface area contributed by atoms with Gasteiger partial charge in [0.15, 0.2) is 0 Å². The summed E-state index contributed by atoms with van der Waals surface area (Å²) >= 11 is 0. The number of aryl methyl sites for hydroxylation is 1. The fourth-order valence-electron chi connectivity index (χ4n) is 1.89. The largest absolute Gasteiger partial charge is 0.472 e. The van der Waals surface area contributed by atoms with Gasteiger partial charge < -0.3 is 14.8 Å². The fraction of sp³-hybridized carbons (Fsp3) is 0.667. The number of hydrogen-bond donors (Lipinski definition) is 1. The molecule has 1 fully saturated rings. The van der Waals surface area contributed by atoms with Gasteiger partial charge in [0.1, 0.15) is 6.10 Å². The van der Waals surface area contributed by atoms with E-state index in [1.165, 1.54) is 18.4 Å². The van der Waals surface area contributed by atoms with Crippen molar-refractivity contribution in [1.82, 2.24) is 10.3 Å². The molecule has 0 aliphatic heterocycles. The van der Waals surface area contributed by atoms with Crippen molar-refractivity contribution in [3.63, 3.8) is 0 Å². The van der Waals surface area contributed by atoms with E-state index in [1.54, 1.807) is 0 Å². The highest BCUT2D eigenvalue weighted by atomic mass is 16.5. The Morgan fingerprint density at radius 2 is 2.21 bits per heavy atom. The molecule has 1 aromatic heterocycles. The van der Waals surface area contributed by atoms with Crippen molar-refractivity contribution >= 4 is 0 Å². The highest BCUT2D eigenvalue weighted by Gasteiger charge is 2.20. The van der Waals surface area contributed by atoms with Crippen LogP contribution in [0.5, 0.6) is 5.88 Å². The SMILES string of the molecule is CCOCC(C)Oc1ccc(CNC2CC2)c(C)n1. The van der Waals surface area contributed by atoms with Crippen LogP contribution in [0.15, 0.2) is 12.1 Å². The van der Waals surface area contributed by atoms with Crippen LogP contribution in [-0.2, 0) is 11.3 Å². The van der Waals surface area contributed by atoms with Gasteiger partial charge >= 0.3 is 0 Å². The summed E-state index contributed by atoms with van der Waals surface area (Å²) in [5.74, 6) is 0.680. The third kappa shape index (κ3) is 4.80. The molecule has 1 saturated carbocycles. The van der Waals surface area contributed by atoms with Gasteiger partial charge in [-0.2, -0.15) is 0 Å². The summed E-state index contributed by atoms with van der Waals surface area (Å²) in [6.45, 7) is 8.22. The minimum atomic E-state index is 0.0299. The van der Waals surface area contributed by atoms with E-state index in [0.29, 0.717) is 19.1 Å². The van der Waals surface area contributed by atoms with Gasteiger partial charge in [-0.05, 0) is 39.2 Å². The first-order valence-electron chi connectivity index (χ1n) is 7.13. The molecule has 1 heterocycles. The van der Waals surface area contributed by atoms with E-state index in [-0.39, 0.29) is 6.10 Å². The molecule has 0 spiro atoms. The highest BCUT2D eigenvalue weighted by Crippen LogP contribution is 2.20. The van der Waals surface area contributed by atoms with E-state index in [9.17, 15) is 0 Å². The van der Waals surface area contributed by atoms with Crippen molar-refractivity contribution < 1.29 is 9.47 Å². The number of rotatable bonds is 8. The molecule has 0 radical (unpaired) electrons. The molecule has 4 heteroatoms. The summed E-state index contributed by atoms with van der Waals surface area (Å²) in [7, 11) is 0. The van der Waals surface area contributed by atoms with E-state index in [4.69, 9.17) is 9.47 Å². The molecule has 0 bridgehead atoms. The van der Waals surface area contributed by atoms with Crippen LogP contribution in [0, 0.1) is 6.92 Å². The van der Waals surface area contributed by atoms with Gasteiger partial charge in [-0.1, -0.05) is 6.07 Å². The van der Waals surface area contributed by atoms with Crippen molar-refractivity contribution in [2.75, 3.05) is 13.2 Å². The number of pyridine rings is 1. The van der Waals surface area contributed by atoms with E-state index in [1.807, 2.05) is 26.8 Å². The topological polar surface area (TPSA) is 43.4 Å². The Balaban J connectivity index is 1.85. The molecule has 1 atom stereocenters. The number of aromatic nitrogens is 1. The Hall–Kier alpha value is -1.13. The Bertz CT molecular complexity index is 405. The van der Waals surface area contributed by atoms with Gasteiger partial charge in [-0.25, -0.2) is 4.98 Å². The summed E-state index contributed by atoms with van der Waals surface area (Å²) in [5.41, 5.74) is 2.28. The second-order valence-electron chi connectivity index (χ2n) is 5.14. The Morgan fingerprint density at radius 1 is 1.42 bits per heavy atom. The lowest BCUT2D eigenvalue weighted by molar-refractivity contribution is 0.0632. The monoisotopic (exact) mass is 264 g/mol. The average molecular weight is 264 g/mol. The number of ether oxygens (including phenoxy) is 2. The Morgan fingerprint density at radius 3 is 2.84 bits per heavy atom. The lowest BCUT2D eigenvalue weighted by Crippen LogP contribution is -2.20. The molecule has 0 saturated heterocycles. The molecule has 1 unspecified atom stereocenters. The smallest absolute Gasteiger partial charge is 0.213 e. The van der Waals surface area contributed by atoms with Gasteiger partial charge in [-0.3, -0.25) is 0 Å². The van der Waals surface area contributed by atoms with Gasteiger partial charge in [0, 0.05) is 31.0 Å². The normalized spacial score (nSPS) is 16.4. The van der Waals surface area contributed by atoms with Gasteiger partial charge in [-0.15, -0.1) is 0 Å². The fourth-order valence-corrected chi connectivity index (χ4v) is 1.89. The standard InChI is InChI=1S/C15H24N2O2/c1-4-18-10-11(2)19-15-8-5-13(12(3)17-15)9-16-14-6-7-14/h5,8,11,14,16H,4,6-7,9-10H2,1-3H3. The Labute approximate surface area is 115 Å². The van der Waals surface area contributed by atoms with Gasteiger partial charge in [0.2, 0.25) is 5.88 Å². The van der Waals surface area contributed by atoms with Crippen molar-refractivity contribution in [3.05, 3.63) is 23.4 Å². The van der Waals surface area contributed by atoms with Crippen molar-refractivity contribution in [2.45, 2.75) is 52.3 Å². The maximum Gasteiger partial charge on any atom is 0.213 e. The van der Waals surface area contributed by atoms with Crippen LogP contribution in [0.4, 0.5) is 0 Å². The van der Waals surface area contributed by atoms with E-state index in [0.717, 1.165) is 18.3 Å². The Kier molecular flexibility index (Phi) is 5.16. The molecule has 1 aliphatic rings. The molecule has 1 N–H and O–H groups in total. The first-order valence-corrected chi connectivity index (χ1v) is 7.13. The molecular weight excluding hydrogens is 240 g/mol. The van der Waals surface area contributed by atoms with Crippen molar-refractivity contribution in [3.8, 4) is 5.88 Å². The summed E-state index contributed by atoms with van der Waals surface area (Å²) < 4.78 is 11.1. The van der Waals surface area contributed by atoms with Crippen LogP contribution in [0.1, 0.15) is 37.9 Å². The summed E-state index contributed by atoms with van der Waals surface area (Å²) in [4.78, 5) is 4.50. The third-order valence-electron chi connectivity index (χ3n) is 3.21. The molecule has 4 nitrogen and oxygen atoms in total. The maximum absolute atomic E-state index is 5.73. The molecular formula is C15H24N2O2. The number of hydrogen-bond acceptors (Lipinski definition) is 4. The zero-order valence-electron chi connectivity index (χ0n) is 12.1. The second-order valence-corrected chi connectivity index (χ2v) is 5.14. The van der Waals surface area contributed by atoms with Crippen LogP contribution < -0.4 is 10.1 Å². The number of nitrogens with zero attached hydrogens (tertiary/aromatic N) is 1. The van der Waals surface area contributed by atoms with E-state index >= 15 is 0 Å². The van der Waals surface area contributed by atoms with Gasteiger partial charge in [0.05, 0.1) is 6.61 Å². The zero-order chi connectivity index (χ0) is 13.7. The molecule has 2 rings (SSSR count). The summed E-state index contributed by atoms with van der Waals surface area (Å²) in [6.07, 6.45) is 2.65. The van der Waals surface area contributed by atoms with E-state index < -0.39 is 0 Å². The quantitative estimate of drug-likeness (QED) is 0.783. The van der Waals surface area contributed by atoms with Gasteiger partial charge in [0.25, 0.3) is 0 Å². The second kappa shape index (κ2) is 6.87. The first kappa shape index (κ1) is 14.3. The van der Waals surface area contributed by atoms with Crippen LogP contribution in [0.2, 0.25) is 0 Å². The van der Waals surface area contributed by atoms with Crippen LogP contribution in [0.3, 0.4) is 0 Å². The first-order chi connectivity index (χ1) is 9.19. The maximum atomic E-state index is 5.73. The van der Waals surface area contributed by atoms with E-state index in [2.05, 4.69) is 16.4 Å². The minimum Gasteiger partial charge on any atom is -0.472 e. The zero-order valence-corrected chi connectivity index (χ0v) is 12.1. The van der Waals surface area contributed by atoms with Crippen LogP contribution in [0.25, 0.3) is 0 Å². The predicted molar refractivity (Wildman–Crippen MR) is 75.4 cm³/mol. The molecule has 19 heavy (non-hydrogen) atoms. The highest BCUT2D eigenvalue weighted by molar-refractivity contribution is 5.25. The minimum absolute atomic E-state index is 0.0299. The molecule has 1 aliphatic carbocycles. The van der Waals surface area contributed by atoms with Crippen LogP contribution in [-0.4, -0.2) is 30.3 Å². The molecule has 106 valence electrons. The summed E-state index contributed by atoms with van der Waals surface area (Å²) in [6, 6.07) is 4.77. The van der Waals surface area contributed by atoms with Crippen molar-refractivity contribution in [2.24, 2.45) is 0 Å². The molecule has 0 amide bonds.